The van der Waals surface area contributed by atoms with Crippen LogP contribution in [0.4, 0.5) is 5.69 Å². The molecule has 8 aromatic rings. The van der Waals surface area contributed by atoms with E-state index in [0.29, 0.717) is 0 Å². The van der Waals surface area contributed by atoms with Crippen molar-refractivity contribution in [3.05, 3.63) is 171 Å². The van der Waals surface area contributed by atoms with Crippen LogP contribution in [0.2, 0.25) is 0 Å². The summed E-state index contributed by atoms with van der Waals surface area (Å²) >= 11 is 1.55. The van der Waals surface area contributed by atoms with Crippen molar-refractivity contribution >= 4 is 62.1 Å². The average molecular weight is 842 g/mol. The van der Waals surface area contributed by atoms with Crippen LogP contribution < -0.4 is 21.3 Å². The molecular formula is C42H29BN5PtS-3. The van der Waals surface area contributed by atoms with E-state index in [1.165, 1.54) is 5.39 Å². The largest absolute Gasteiger partial charge is 0.510 e. The van der Waals surface area contributed by atoms with E-state index >= 15 is 0 Å². The van der Waals surface area contributed by atoms with E-state index < -0.39 is 0 Å². The molecule has 8 heteroatoms. The Balaban J connectivity index is 0.00000361. The van der Waals surface area contributed by atoms with Gasteiger partial charge in [0.05, 0.1) is 10.6 Å². The molecule has 0 N–H and O–H groups in total. The smallest absolute Gasteiger partial charge is 0.196 e. The Morgan fingerprint density at radius 1 is 0.680 bits per heavy atom. The first-order valence-electron chi connectivity index (χ1n) is 16.3. The molecule has 0 aliphatic carbocycles. The van der Waals surface area contributed by atoms with Crippen LogP contribution in [0.25, 0.3) is 49.3 Å². The van der Waals surface area contributed by atoms with E-state index in [1.807, 2.05) is 36.5 Å². The molecule has 0 radical (unpaired) electrons. The Labute approximate surface area is 310 Å². The van der Waals surface area contributed by atoms with Crippen molar-refractivity contribution in [3.63, 3.8) is 0 Å². The van der Waals surface area contributed by atoms with Gasteiger partial charge in [0.2, 0.25) is 0 Å². The predicted octanol–water partition coefficient (Wildman–Crippen LogP) is 7.43. The van der Waals surface area contributed by atoms with Crippen molar-refractivity contribution in [2.75, 3.05) is 11.9 Å². The normalized spacial score (nSPS) is 12.5. The number of anilines is 1. The van der Waals surface area contributed by atoms with Gasteiger partial charge in [-0.25, -0.2) is 4.98 Å². The molecule has 3 aromatic heterocycles. The van der Waals surface area contributed by atoms with Crippen LogP contribution in [0.5, 0.6) is 0 Å². The fraction of sp³-hybridized carbons (Fsp3) is 0.0238. The number of pyridine rings is 1. The fourth-order valence-corrected chi connectivity index (χ4v) is 7.77. The Kier molecular flexibility index (Phi) is 8.70. The van der Waals surface area contributed by atoms with Gasteiger partial charge in [-0.3, -0.25) is 0 Å². The number of aromatic nitrogens is 3. The maximum absolute atomic E-state index is 5.17. The summed E-state index contributed by atoms with van der Waals surface area (Å²) in [5, 5.41) is 2.31. The van der Waals surface area contributed by atoms with Gasteiger partial charge in [0, 0.05) is 38.3 Å². The SMILES string of the molecule is CN1C=CN(c2[c-]c(B(c3[c-]c4c(cc3)c3ccccc3n4-c3ccccn3)c3c(-c4ccccc4)nsc3-c3ccccc3)ccc2)[CH-]1.[Pt]. The topological polar surface area (TPSA) is 37.2 Å². The van der Waals surface area contributed by atoms with Gasteiger partial charge in [0.1, 0.15) is 5.82 Å². The molecular weight excluding hydrogens is 812 g/mol. The summed E-state index contributed by atoms with van der Waals surface area (Å²) in [4.78, 5) is 10.1. The van der Waals surface area contributed by atoms with Gasteiger partial charge in [-0.05, 0) is 65.6 Å². The van der Waals surface area contributed by atoms with Gasteiger partial charge >= 0.3 is 0 Å². The molecule has 50 heavy (non-hydrogen) atoms. The van der Waals surface area contributed by atoms with Crippen LogP contribution in [0.15, 0.2) is 152 Å². The average Bonchev–Trinajstić information content (AvgIpc) is 3.89. The van der Waals surface area contributed by atoms with Crippen LogP contribution in [0.3, 0.4) is 0 Å². The first-order valence-corrected chi connectivity index (χ1v) is 17.0. The van der Waals surface area contributed by atoms with Crippen LogP contribution in [0.1, 0.15) is 0 Å². The van der Waals surface area contributed by atoms with Crippen molar-refractivity contribution in [3.8, 4) is 27.5 Å². The molecule has 0 bridgehead atoms. The van der Waals surface area contributed by atoms with Gasteiger partial charge in [0.15, 0.2) is 6.71 Å². The van der Waals surface area contributed by atoms with Crippen molar-refractivity contribution < 1.29 is 21.1 Å². The Morgan fingerprint density at radius 2 is 1.42 bits per heavy atom. The summed E-state index contributed by atoms with van der Waals surface area (Å²) in [6.45, 7) is 1.83. The molecule has 0 saturated carbocycles. The second-order valence-corrected chi connectivity index (χ2v) is 12.9. The number of hydrogen-bond donors (Lipinski definition) is 0. The van der Waals surface area contributed by atoms with Gasteiger partial charge in [-0.2, -0.15) is 64.4 Å². The number of rotatable bonds is 7. The third-order valence-corrected chi connectivity index (χ3v) is 9.97. The van der Waals surface area contributed by atoms with Crippen LogP contribution in [-0.4, -0.2) is 32.6 Å². The van der Waals surface area contributed by atoms with Crippen molar-refractivity contribution in [2.24, 2.45) is 0 Å². The van der Waals surface area contributed by atoms with E-state index in [2.05, 4.69) is 156 Å². The molecule has 244 valence electrons. The summed E-state index contributed by atoms with van der Waals surface area (Å²) in [5.41, 5.74) is 9.47. The second kappa shape index (κ2) is 13.6. The molecule has 4 heterocycles. The van der Waals surface area contributed by atoms with Gasteiger partial charge in [0.25, 0.3) is 0 Å². The minimum atomic E-state index is -0.229. The standard InChI is InChI=1S/C42H29BN5S.Pt/c1-46-25-26-47(29-46)34-18-12-17-32(27-34)43(40-41(30-13-4-2-5-14-30)45-49-42(40)31-15-6-3-7-16-31)33-22-23-36-35-19-8-9-20-37(35)48(38(36)28-33)39-21-10-11-24-44-39;/h2-26,29H,1H3;/q-3;. The molecule has 0 saturated heterocycles. The predicted molar refractivity (Wildman–Crippen MR) is 204 cm³/mol. The summed E-state index contributed by atoms with van der Waals surface area (Å²) in [6.07, 6.45) is 5.95. The minimum Gasteiger partial charge on any atom is -0.510 e. The van der Waals surface area contributed by atoms with Crippen molar-refractivity contribution in [2.45, 2.75) is 0 Å². The number of para-hydroxylation sites is 1. The van der Waals surface area contributed by atoms with E-state index in [4.69, 9.17) is 9.36 Å². The first-order chi connectivity index (χ1) is 24.2. The second-order valence-electron chi connectivity index (χ2n) is 12.1. The molecule has 1 aliphatic heterocycles. The molecule has 0 atom stereocenters. The van der Waals surface area contributed by atoms with Gasteiger partial charge < -0.3 is 14.4 Å². The molecule has 1 aliphatic rings. The maximum Gasteiger partial charge on any atom is 0.196 e. The van der Waals surface area contributed by atoms with E-state index in [9.17, 15) is 0 Å². The van der Waals surface area contributed by atoms with Gasteiger partial charge in [-0.15, -0.1) is 11.1 Å². The Bertz CT molecular complexity index is 2400. The number of benzene rings is 5. The van der Waals surface area contributed by atoms with E-state index in [1.54, 1.807) is 11.5 Å². The molecule has 9 rings (SSSR count). The molecule has 0 amide bonds. The molecule has 0 fully saturated rings. The van der Waals surface area contributed by atoms with Crippen LogP contribution in [-0.2, 0) is 21.1 Å². The summed E-state index contributed by atoms with van der Waals surface area (Å²) in [5.74, 6) is 0.861. The molecule has 5 nitrogen and oxygen atoms in total. The van der Waals surface area contributed by atoms with E-state index in [-0.39, 0.29) is 27.8 Å². The zero-order valence-electron chi connectivity index (χ0n) is 27.0. The summed E-state index contributed by atoms with van der Waals surface area (Å²) in [7, 11) is 2.03. The molecule has 0 spiro atoms. The fourth-order valence-electron chi connectivity index (χ4n) is 6.83. The Hall–Kier alpha value is -5.23. The zero-order chi connectivity index (χ0) is 32.7. The van der Waals surface area contributed by atoms with Gasteiger partial charge in [-0.1, -0.05) is 90.4 Å². The summed E-state index contributed by atoms with van der Waals surface area (Å²) in [6, 6.07) is 54.4. The van der Waals surface area contributed by atoms with Crippen molar-refractivity contribution in [1.29, 1.82) is 0 Å². The quantitative estimate of drug-likeness (QED) is 0.124. The van der Waals surface area contributed by atoms with Crippen LogP contribution >= 0.6 is 11.5 Å². The third-order valence-electron chi connectivity index (χ3n) is 9.06. The molecule has 5 aromatic carbocycles. The number of fused-ring (bicyclic) bond motifs is 3. The van der Waals surface area contributed by atoms with Crippen molar-refractivity contribution in [1.82, 2.24) is 18.8 Å². The Morgan fingerprint density at radius 3 is 2.18 bits per heavy atom. The van der Waals surface area contributed by atoms with E-state index in [0.717, 1.165) is 66.0 Å². The third kappa shape index (κ3) is 5.67. The van der Waals surface area contributed by atoms with Crippen LogP contribution in [0, 0.1) is 18.8 Å². The first kappa shape index (κ1) is 32.0. The minimum absolute atomic E-state index is 0. The number of hydrogen-bond acceptors (Lipinski definition) is 5. The zero-order valence-corrected chi connectivity index (χ0v) is 30.1. The monoisotopic (exact) mass is 841 g/mol. The summed E-state index contributed by atoms with van der Waals surface area (Å²) < 4.78 is 7.40. The number of nitrogens with zero attached hydrogens (tertiary/aromatic N) is 5. The molecule has 0 unspecified atom stereocenters. The maximum atomic E-state index is 5.17.